The van der Waals surface area contributed by atoms with E-state index in [1.54, 1.807) is 0 Å². The van der Waals surface area contributed by atoms with Gasteiger partial charge in [0.2, 0.25) is 0 Å². The summed E-state index contributed by atoms with van der Waals surface area (Å²) in [5.74, 6) is 0. The summed E-state index contributed by atoms with van der Waals surface area (Å²) >= 11 is 0. The first kappa shape index (κ1) is 9.29. The Morgan fingerprint density at radius 1 is 0.824 bits per heavy atom. The lowest BCUT2D eigenvalue weighted by molar-refractivity contribution is 0.986. The van der Waals surface area contributed by atoms with E-state index in [0.717, 1.165) is 0 Å². The molecule has 2 aromatic carbocycles. The minimum Gasteiger partial charge on any atom is -0.354 e. The van der Waals surface area contributed by atoms with Crippen LogP contribution in [0.2, 0.25) is 0 Å². The van der Waals surface area contributed by atoms with Gasteiger partial charge in [-0.1, -0.05) is 48.5 Å². The predicted molar refractivity (Wildman–Crippen MR) is 70.1 cm³/mol. The Morgan fingerprint density at radius 2 is 1.41 bits per heavy atom. The third kappa shape index (κ3) is 1.25. The molecular weight excluding hydrogens is 206 g/mol. The maximum atomic E-state index is 2.59. The van der Waals surface area contributed by atoms with Crippen molar-refractivity contribution in [3.8, 4) is 0 Å². The molecule has 1 saturated carbocycles. The lowest BCUT2D eigenvalue weighted by Gasteiger charge is -2.05. The minimum absolute atomic E-state index is 0.475. The molecule has 1 nitrogen and oxygen atoms in total. The van der Waals surface area contributed by atoms with Crippen LogP contribution in [0.15, 0.2) is 60.7 Å². The van der Waals surface area contributed by atoms with E-state index in [4.69, 9.17) is 0 Å². The zero-order valence-electron chi connectivity index (χ0n) is 9.71. The zero-order valence-corrected chi connectivity index (χ0v) is 9.71. The minimum atomic E-state index is 0.475. The highest BCUT2D eigenvalue weighted by Gasteiger charge is 2.70. The Bertz CT molecular complexity index is 480. The number of nitrogens with zero attached hydrogens (tertiary/aromatic N) is 1. The van der Waals surface area contributed by atoms with Crippen LogP contribution in [-0.4, -0.2) is 5.54 Å². The molecule has 1 heterocycles. The zero-order chi connectivity index (χ0) is 11.3. The van der Waals surface area contributed by atoms with Crippen molar-refractivity contribution < 1.29 is 0 Å². The number of anilines is 1. The van der Waals surface area contributed by atoms with Gasteiger partial charge in [-0.3, -0.25) is 0 Å². The highest BCUT2D eigenvalue weighted by Crippen LogP contribution is 2.69. The lowest BCUT2D eigenvalue weighted by atomic mass is 10.1. The van der Waals surface area contributed by atoms with Crippen molar-refractivity contribution in [1.82, 2.24) is 0 Å². The first-order valence-corrected chi connectivity index (χ1v) is 6.31. The molecule has 1 aliphatic carbocycles. The van der Waals surface area contributed by atoms with E-state index in [2.05, 4.69) is 65.6 Å². The second kappa shape index (κ2) is 3.13. The average Bonchev–Trinajstić information content (AvgIpc) is 3.31. The lowest BCUT2D eigenvalue weighted by Crippen LogP contribution is -1.97. The van der Waals surface area contributed by atoms with Crippen molar-refractivity contribution >= 4 is 5.69 Å². The average molecular weight is 221 g/mol. The summed E-state index contributed by atoms with van der Waals surface area (Å²) in [6.07, 6.45) is 2.70. The van der Waals surface area contributed by atoms with E-state index in [-0.39, 0.29) is 0 Å². The van der Waals surface area contributed by atoms with Crippen molar-refractivity contribution in [2.75, 3.05) is 4.90 Å². The Kier molecular flexibility index (Phi) is 1.71. The largest absolute Gasteiger partial charge is 0.354 e. The third-order valence-corrected chi connectivity index (χ3v) is 4.09. The van der Waals surface area contributed by atoms with Crippen LogP contribution in [0.4, 0.5) is 5.69 Å². The van der Waals surface area contributed by atoms with E-state index < -0.39 is 0 Å². The summed E-state index contributed by atoms with van der Waals surface area (Å²) < 4.78 is 0. The Morgan fingerprint density at radius 3 is 2.00 bits per heavy atom. The summed E-state index contributed by atoms with van der Waals surface area (Å²) in [6, 6.07) is 22.3. The molecule has 0 N–H and O–H groups in total. The van der Waals surface area contributed by atoms with Crippen LogP contribution in [0.5, 0.6) is 0 Å². The molecule has 1 atom stereocenters. The van der Waals surface area contributed by atoms with Gasteiger partial charge in [-0.05, 0) is 30.5 Å². The fourth-order valence-electron chi connectivity index (χ4n) is 3.10. The van der Waals surface area contributed by atoms with Gasteiger partial charge in [0, 0.05) is 5.69 Å². The van der Waals surface area contributed by atoms with Gasteiger partial charge in [-0.25, -0.2) is 0 Å². The molecule has 1 aliphatic heterocycles. The van der Waals surface area contributed by atoms with E-state index >= 15 is 0 Å². The van der Waals surface area contributed by atoms with Crippen LogP contribution in [0.1, 0.15) is 24.4 Å². The first-order valence-electron chi connectivity index (χ1n) is 6.31. The molecule has 1 heteroatoms. The molecule has 2 aliphatic rings. The molecule has 0 amide bonds. The van der Waals surface area contributed by atoms with Crippen molar-refractivity contribution in [2.24, 2.45) is 0 Å². The molecule has 0 aromatic heterocycles. The summed E-state index contributed by atoms with van der Waals surface area (Å²) in [5, 5.41) is 0. The van der Waals surface area contributed by atoms with Crippen LogP contribution >= 0.6 is 0 Å². The highest BCUT2D eigenvalue weighted by atomic mass is 15.4. The van der Waals surface area contributed by atoms with Crippen molar-refractivity contribution in [3.63, 3.8) is 0 Å². The molecule has 2 fully saturated rings. The van der Waals surface area contributed by atoms with Crippen molar-refractivity contribution in [3.05, 3.63) is 66.2 Å². The van der Waals surface area contributed by atoms with Crippen LogP contribution in [0, 0.1) is 0 Å². The van der Waals surface area contributed by atoms with Crippen LogP contribution in [0.3, 0.4) is 0 Å². The van der Waals surface area contributed by atoms with E-state index in [0.29, 0.717) is 11.6 Å². The van der Waals surface area contributed by atoms with Gasteiger partial charge >= 0.3 is 0 Å². The second-order valence-electron chi connectivity index (χ2n) is 5.12. The third-order valence-electron chi connectivity index (χ3n) is 4.09. The maximum Gasteiger partial charge on any atom is 0.0781 e. The van der Waals surface area contributed by atoms with Crippen LogP contribution < -0.4 is 4.90 Å². The molecule has 0 bridgehead atoms. The molecule has 4 rings (SSSR count). The SMILES string of the molecule is c1ccc(C2N(c3ccccc3)C23CC3)cc1. The number of hydrogen-bond donors (Lipinski definition) is 0. The van der Waals surface area contributed by atoms with Gasteiger partial charge in [0.15, 0.2) is 0 Å². The van der Waals surface area contributed by atoms with Gasteiger partial charge in [0.1, 0.15) is 0 Å². The Balaban J connectivity index is 1.71. The molecule has 1 unspecified atom stereocenters. The number of rotatable bonds is 2. The normalized spacial score (nSPS) is 23.8. The predicted octanol–water partition coefficient (Wildman–Crippen LogP) is 3.78. The summed E-state index contributed by atoms with van der Waals surface area (Å²) in [5.41, 5.74) is 3.32. The number of para-hydroxylation sites is 1. The van der Waals surface area contributed by atoms with Crippen LogP contribution in [-0.2, 0) is 0 Å². The Hall–Kier alpha value is -1.76. The standard InChI is InChI=1S/C16H15N/c1-3-7-13(8-4-1)15-16(11-12-16)17(15)14-9-5-2-6-10-14/h1-10,15H,11-12H2. The van der Waals surface area contributed by atoms with Gasteiger partial charge in [-0.15, -0.1) is 0 Å². The van der Waals surface area contributed by atoms with E-state index in [9.17, 15) is 0 Å². The Labute approximate surface area is 102 Å². The maximum absolute atomic E-state index is 2.59. The van der Waals surface area contributed by atoms with E-state index in [1.807, 2.05) is 0 Å². The molecule has 1 saturated heterocycles. The first-order chi connectivity index (χ1) is 8.42. The van der Waals surface area contributed by atoms with E-state index in [1.165, 1.54) is 24.1 Å². The fourth-order valence-corrected chi connectivity index (χ4v) is 3.10. The molecule has 2 aromatic rings. The number of benzene rings is 2. The topological polar surface area (TPSA) is 3.01 Å². The van der Waals surface area contributed by atoms with Gasteiger partial charge in [-0.2, -0.15) is 0 Å². The monoisotopic (exact) mass is 221 g/mol. The van der Waals surface area contributed by atoms with Crippen LogP contribution in [0.25, 0.3) is 0 Å². The smallest absolute Gasteiger partial charge is 0.0781 e. The molecule has 1 spiro atoms. The fraction of sp³-hybridized carbons (Fsp3) is 0.250. The number of hydrogen-bond acceptors (Lipinski definition) is 1. The molecular formula is C16H15N. The van der Waals surface area contributed by atoms with Crippen molar-refractivity contribution in [2.45, 2.75) is 24.4 Å². The van der Waals surface area contributed by atoms with Gasteiger partial charge in [0.05, 0.1) is 11.6 Å². The van der Waals surface area contributed by atoms with Gasteiger partial charge in [0.25, 0.3) is 0 Å². The molecule has 17 heavy (non-hydrogen) atoms. The molecule has 0 radical (unpaired) electrons. The van der Waals surface area contributed by atoms with Gasteiger partial charge < -0.3 is 4.90 Å². The van der Waals surface area contributed by atoms with Crippen molar-refractivity contribution in [1.29, 1.82) is 0 Å². The second-order valence-corrected chi connectivity index (χ2v) is 5.12. The summed E-state index contributed by atoms with van der Waals surface area (Å²) in [7, 11) is 0. The summed E-state index contributed by atoms with van der Waals surface area (Å²) in [6.45, 7) is 0. The summed E-state index contributed by atoms with van der Waals surface area (Å²) in [4.78, 5) is 2.59. The highest BCUT2D eigenvalue weighted by molar-refractivity contribution is 5.66. The molecule has 84 valence electrons. The quantitative estimate of drug-likeness (QED) is 0.697.